The van der Waals surface area contributed by atoms with Gasteiger partial charge in [-0.15, -0.1) is 0 Å². The molecule has 1 N–H and O–H groups in total. The zero-order valence-corrected chi connectivity index (χ0v) is 14.2. The predicted octanol–water partition coefficient (Wildman–Crippen LogP) is 0.882. The van der Waals surface area contributed by atoms with E-state index in [0.717, 1.165) is 42.6 Å². The van der Waals surface area contributed by atoms with Crippen molar-refractivity contribution < 1.29 is 13.2 Å². The van der Waals surface area contributed by atoms with Gasteiger partial charge in [-0.05, 0) is 45.1 Å². The van der Waals surface area contributed by atoms with Gasteiger partial charge in [0.05, 0.1) is 0 Å². The molecule has 7 nitrogen and oxygen atoms in total. The highest BCUT2D eigenvalue weighted by Crippen LogP contribution is 2.23. The van der Waals surface area contributed by atoms with Gasteiger partial charge in [0.2, 0.25) is 21.9 Å². The number of carbonyl (C=O) groups excluding carboxylic acids is 1. The van der Waals surface area contributed by atoms with Crippen LogP contribution >= 0.6 is 0 Å². The minimum absolute atomic E-state index is 0.0524. The fraction of sp³-hybridized carbons (Fsp3) is 0.643. The first-order valence-corrected chi connectivity index (χ1v) is 8.86. The van der Waals surface area contributed by atoms with E-state index in [1.54, 1.807) is 0 Å². The van der Waals surface area contributed by atoms with Crippen molar-refractivity contribution in [1.82, 2.24) is 14.9 Å². The average molecular weight is 326 g/mol. The standard InChI is InChI=1S/C14H22N4O3S/c1-9-11-7-5-6-8-12(11)16-14(15-9)17-22(20,21)10(2)13(19)18(3)4/h10H,5-8H2,1-4H3,(H,15,16,17)/t10-/m1/s1. The molecule has 8 heteroatoms. The Hall–Kier alpha value is -1.70. The van der Waals surface area contributed by atoms with Crippen LogP contribution in [-0.2, 0) is 27.7 Å². The fourth-order valence-corrected chi connectivity index (χ4v) is 3.54. The number of aryl methyl sites for hydroxylation is 2. The molecular weight excluding hydrogens is 304 g/mol. The molecule has 1 aliphatic rings. The monoisotopic (exact) mass is 326 g/mol. The molecule has 1 amide bonds. The normalized spacial score (nSPS) is 15.8. The number of aromatic nitrogens is 2. The number of nitrogens with zero attached hydrogens (tertiary/aromatic N) is 3. The van der Waals surface area contributed by atoms with Gasteiger partial charge in [-0.3, -0.25) is 9.52 Å². The fourth-order valence-electron chi connectivity index (χ4n) is 2.54. The van der Waals surface area contributed by atoms with Crippen LogP contribution in [0.15, 0.2) is 0 Å². The van der Waals surface area contributed by atoms with Crippen LogP contribution in [0, 0.1) is 6.92 Å². The van der Waals surface area contributed by atoms with Gasteiger partial charge in [-0.2, -0.15) is 0 Å². The first-order valence-electron chi connectivity index (χ1n) is 7.31. The van der Waals surface area contributed by atoms with Crippen LogP contribution in [0.25, 0.3) is 0 Å². The number of rotatable bonds is 4. The third-order valence-electron chi connectivity index (χ3n) is 3.88. The number of nitrogens with one attached hydrogen (secondary N) is 1. The number of hydrogen-bond acceptors (Lipinski definition) is 5. The number of anilines is 1. The lowest BCUT2D eigenvalue weighted by Gasteiger charge is -2.20. The lowest BCUT2D eigenvalue weighted by molar-refractivity contribution is -0.127. The highest BCUT2D eigenvalue weighted by atomic mass is 32.2. The average Bonchev–Trinajstić information content (AvgIpc) is 2.45. The van der Waals surface area contributed by atoms with E-state index >= 15 is 0 Å². The highest BCUT2D eigenvalue weighted by Gasteiger charge is 2.30. The van der Waals surface area contributed by atoms with E-state index in [9.17, 15) is 13.2 Å². The van der Waals surface area contributed by atoms with Gasteiger partial charge in [0.1, 0.15) is 0 Å². The molecule has 122 valence electrons. The number of amides is 1. The molecule has 22 heavy (non-hydrogen) atoms. The molecule has 1 aromatic heterocycles. The molecule has 0 saturated carbocycles. The summed E-state index contributed by atoms with van der Waals surface area (Å²) in [7, 11) is -0.824. The summed E-state index contributed by atoms with van der Waals surface area (Å²) in [6, 6.07) is 0. The largest absolute Gasteiger partial charge is 0.348 e. The van der Waals surface area contributed by atoms with Crippen LogP contribution in [0.5, 0.6) is 0 Å². The molecule has 0 fully saturated rings. The summed E-state index contributed by atoms with van der Waals surface area (Å²) in [4.78, 5) is 21.6. The van der Waals surface area contributed by atoms with Crippen molar-refractivity contribution in [1.29, 1.82) is 0 Å². The molecule has 1 heterocycles. The Kier molecular flexibility index (Phi) is 4.69. The number of hydrogen-bond donors (Lipinski definition) is 1. The topological polar surface area (TPSA) is 92.3 Å². The van der Waals surface area contributed by atoms with Crippen molar-refractivity contribution in [3.05, 3.63) is 17.0 Å². The lowest BCUT2D eigenvalue weighted by atomic mass is 9.95. The molecule has 2 rings (SSSR count). The number of fused-ring (bicyclic) bond motifs is 1. The van der Waals surface area contributed by atoms with Gasteiger partial charge in [-0.1, -0.05) is 0 Å². The Labute approximate surface area is 131 Å². The van der Waals surface area contributed by atoms with Crippen LogP contribution in [0.2, 0.25) is 0 Å². The van der Waals surface area contributed by atoms with Gasteiger partial charge in [-0.25, -0.2) is 18.4 Å². The van der Waals surface area contributed by atoms with E-state index in [-0.39, 0.29) is 5.95 Å². The van der Waals surface area contributed by atoms with Crippen molar-refractivity contribution in [2.24, 2.45) is 0 Å². The van der Waals surface area contributed by atoms with Gasteiger partial charge in [0.25, 0.3) is 0 Å². The smallest absolute Gasteiger partial charge is 0.246 e. The minimum Gasteiger partial charge on any atom is -0.348 e. The van der Waals surface area contributed by atoms with Gasteiger partial charge in [0.15, 0.2) is 5.25 Å². The SMILES string of the molecule is Cc1nc(NS(=O)(=O)[C@H](C)C(=O)N(C)C)nc2c1CCCC2. The molecule has 1 aliphatic carbocycles. The zero-order chi connectivity index (χ0) is 16.5. The second kappa shape index (κ2) is 6.20. The third kappa shape index (κ3) is 3.37. The summed E-state index contributed by atoms with van der Waals surface area (Å²) in [5.41, 5.74) is 2.82. The van der Waals surface area contributed by atoms with E-state index in [1.165, 1.54) is 25.9 Å². The zero-order valence-electron chi connectivity index (χ0n) is 13.4. The molecule has 0 spiro atoms. The Morgan fingerprint density at radius 1 is 1.23 bits per heavy atom. The second-order valence-electron chi connectivity index (χ2n) is 5.79. The number of sulfonamides is 1. The van der Waals surface area contributed by atoms with Gasteiger partial charge < -0.3 is 4.90 Å². The first-order chi connectivity index (χ1) is 10.2. The summed E-state index contributed by atoms with van der Waals surface area (Å²) in [6.45, 7) is 3.22. The van der Waals surface area contributed by atoms with Gasteiger partial charge >= 0.3 is 0 Å². The van der Waals surface area contributed by atoms with Crippen molar-refractivity contribution >= 4 is 21.9 Å². The first kappa shape index (κ1) is 16.7. The van der Waals surface area contributed by atoms with Crippen LogP contribution in [0.3, 0.4) is 0 Å². The van der Waals surface area contributed by atoms with E-state index in [0.29, 0.717) is 0 Å². The molecule has 1 aromatic rings. The van der Waals surface area contributed by atoms with Crippen molar-refractivity contribution in [2.75, 3.05) is 18.8 Å². The lowest BCUT2D eigenvalue weighted by Crippen LogP contribution is -2.40. The molecule has 0 saturated heterocycles. The van der Waals surface area contributed by atoms with Crippen LogP contribution in [0.1, 0.15) is 36.7 Å². The quantitative estimate of drug-likeness (QED) is 0.887. The summed E-state index contributed by atoms with van der Waals surface area (Å²) in [5.74, 6) is -0.432. The van der Waals surface area contributed by atoms with Gasteiger partial charge in [0, 0.05) is 25.5 Å². The van der Waals surface area contributed by atoms with E-state index in [2.05, 4.69) is 14.7 Å². The Bertz CT molecular complexity index is 686. The Morgan fingerprint density at radius 2 is 1.86 bits per heavy atom. The summed E-state index contributed by atoms with van der Waals surface area (Å²) in [6.07, 6.45) is 3.92. The molecular formula is C14H22N4O3S. The van der Waals surface area contributed by atoms with Crippen LogP contribution in [0.4, 0.5) is 5.95 Å². The van der Waals surface area contributed by atoms with Crippen LogP contribution < -0.4 is 4.72 Å². The molecule has 0 unspecified atom stereocenters. The third-order valence-corrected chi connectivity index (χ3v) is 5.48. The van der Waals surface area contributed by atoms with E-state index in [4.69, 9.17) is 0 Å². The van der Waals surface area contributed by atoms with E-state index in [1.807, 2.05) is 6.92 Å². The predicted molar refractivity (Wildman–Crippen MR) is 84.1 cm³/mol. The summed E-state index contributed by atoms with van der Waals surface area (Å²) < 4.78 is 26.9. The molecule has 0 bridgehead atoms. The maximum Gasteiger partial charge on any atom is 0.246 e. The molecule has 0 aliphatic heterocycles. The van der Waals surface area contributed by atoms with Crippen molar-refractivity contribution in [3.8, 4) is 0 Å². The molecule has 1 atom stereocenters. The second-order valence-corrected chi connectivity index (χ2v) is 7.79. The maximum absolute atomic E-state index is 12.3. The maximum atomic E-state index is 12.3. The van der Waals surface area contributed by atoms with Crippen molar-refractivity contribution in [3.63, 3.8) is 0 Å². The molecule has 0 aromatic carbocycles. The summed E-state index contributed by atoms with van der Waals surface area (Å²) in [5, 5.41) is -1.19. The van der Waals surface area contributed by atoms with Crippen LogP contribution in [-0.4, -0.2) is 48.5 Å². The number of carbonyl (C=O) groups is 1. The van der Waals surface area contributed by atoms with Crippen molar-refractivity contribution in [2.45, 2.75) is 44.8 Å². The highest BCUT2D eigenvalue weighted by molar-refractivity contribution is 7.94. The Morgan fingerprint density at radius 3 is 2.50 bits per heavy atom. The summed E-state index contributed by atoms with van der Waals surface area (Å²) >= 11 is 0. The minimum atomic E-state index is -3.87. The Balaban J connectivity index is 2.27. The molecule has 0 radical (unpaired) electrons. The van der Waals surface area contributed by atoms with E-state index < -0.39 is 21.2 Å².